The number of aromatic nitrogens is 4. The topological polar surface area (TPSA) is 135 Å². The summed E-state index contributed by atoms with van der Waals surface area (Å²) in [6, 6.07) is 13.9. The van der Waals surface area contributed by atoms with E-state index in [2.05, 4.69) is 19.9 Å². The highest BCUT2D eigenvalue weighted by atomic mass is 16.1. The molecule has 4 N–H and O–H groups in total. The minimum absolute atomic E-state index is 0.0641. The van der Waals surface area contributed by atoms with Gasteiger partial charge in [-0.3, -0.25) is 19.4 Å². The molecule has 4 aromatic rings. The van der Waals surface area contributed by atoms with Crippen LogP contribution in [0.2, 0.25) is 0 Å². The predicted molar refractivity (Wildman–Crippen MR) is 98.7 cm³/mol. The molecule has 8 nitrogen and oxygen atoms in total. The molecule has 1 aliphatic carbocycles. The Bertz CT molecular complexity index is 1150. The summed E-state index contributed by atoms with van der Waals surface area (Å²) < 4.78 is 0. The number of H-pyrrole nitrogens is 2. The summed E-state index contributed by atoms with van der Waals surface area (Å²) in [7, 11) is 0. The van der Waals surface area contributed by atoms with Crippen molar-refractivity contribution in [2.24, 2.45) is 0 Å². The van der Waals surface area contributed by atoms with Crippen molar-refractivity contribution >= 4 is 28.7 Å². The first-order valence-electron chi connectivity index (χ1n) is 8.02. The fourth-order valence-electron chi connectivity index (χ4n) is 2.91. The van der Waals surface area contributed by atoms with Crippen LogP contribution >= 0.6 is 0 Å². The summed E-state index contributed by atoms with van der Waals surface area (Å²) in [5.41, 5.74) is 7.67. The number of ketones is 2. The third kappa shape index (κ3) is 2.78. The monoisotopic (exact) mass is 359 g/mol. The van der Waals surface area contributed by atoms with Crippen LogP contribution in [0.5, 0.6) is 0 Å². The van der Waals surface area contributed by atoms with Crippen molar-refractivity contribution in [3.05, 3.63) is 87.5 Å². The summed E-state index contributed by atoms with van der Waals surface area (Å²) in [6.07, 6.45) is 1.40. The van der Waals surface area contributed by atoms with Gasteiger partial charge in [-0.2, -0.15) is 4.98 Å². The van der Waals surface area contributed by atoms with Crippen LogP contribution < -0.4 is 11.3 Å². The van der Waals surface area contributed by atoms with Gasteiger partial charge in [-0.25, -0.2) is 4.98 Å². The number of nitrogens with one attached hydrogen (secondary N) is 2. The zero-order valence-electron chi connectivity index (χ0n) is 13.9. The van der Waals surface area contributed by atoms with E-state index in [0.29, 0.717) is 33.4 Å². The van der Waals surface area contributed by atoms with E-state index in [0.717, 1.165) is 0 Å². The molecular formula is C19H13N5O3. The molecule has 0 aliphatic heterocycles. The quantitative estimate of drug-likeness (QED) is 0.385. The molecule has 2 aromatic carbocycles. The number of carbonyl (C=O) groups is 2. The standard InChI is InChI=1S/C14H8O2.C5H5N5O/c15-13-9-5-1-2-6-10(9)14(16)12-8-4-3-7-11(12)13;6-5-9-3-2(4(11)10-5)7-1-8-3/h1-8H;1H,(H4,6,7,8,9,10,11). The molecule has 27 heavy (non-hydrogen) atoms. The van der Waals surface area contributed by atoms with Crippen LogP contribution in [-0.2, 0) is 0 Å². The molecule has 2 heterocycles. The van der Waals surface area contributed by atoms with Crippen LogP contribution in [0, 0.1) is 0 Å². The van der Waals surface area contributed by atoms with Crippen LogP contribution in [0.4, 0.5) is 5.95 Å². The molecule has 0 saturated heterocycles. The normalized spacial score (nSPS) is 12.1. The van der Waals surface area contributed by atoms with Crippen molar-refractivity contribution in [3.8, 4) is 0 Å². The summed E-state index contributed by atoms with van der Waals surface area (Å²) in [5.74, 6) is -0.0498. The molecule has 132 valence electrons. The maximum atomic E-state index is 12.1. The molecule has 0 unspecified atom stereocenters. The molecule has 0 saturated carbocycles. The van der Waals surface area contributed by atoms with Crippen LogP contribution in [0.3, 0.4) is 0 Å². The average molecular weight is 359 g/mol. The number of imidazole rings is 1. The molecular weight excluding hydrogens is 346 g/mol. The zero-order chi connectivity index (χ0) is 19.0. The fourth-order valence-corrected chi connectivity index (χ4v) is 2.91. The molecule has 2 aromatic heterocycles. The molecule has 1 aliphatic rings. The lowest BCUT2D eigenvalue weighted by molar-refractivity contribution is 0.0979. The van der Waals surface area contributed by atoms with Crippen LogP contribution in [-0.4, -0.2) is 31.5 Å². The van der Waals surface area contributed by atoms with Crippen LogP contribution in [0.15, 0.2) is 59.7 Å². The second-order valence-corrected chi connectivity index (χ2v) is 5.80. The number of benzene rings is 2. The number of rotatable bonds is 0. The Hall–Kier alpha value is -4.07. The minimum Gasteiger partial charge on any atom is -0.369 e. The van der Waals surface area contributed by atoms with E-state index in [4.69, 9.17) is 5.73 Å². The fraction of sp³-hybridized carbons (Fsp3) is 0. The highest BCUT2D eigenvalue weighted by Gasteiger charge is 2.28. The molecule has 0 amide bonds. The number of hydrogen-bond acceptors (Lipinski definition) is 6. The van der Waals surface area contributed by atoms with Gasteiger partial charge in [0.25, 0.3) is 5.56 Å². The van der Waals surface area contributed by atoms with Crippen LogP contribution in [0.25, 0.3) is 11.2 Å². The first-order valence-corrected chi connectivity index (χ1v) is 8.02. The van der Waals surface area contributed by atoms with Gasteiger partial charge in [0.1, 0.15) is 0 Å². The van der Waals surface area contributed by atoms with Crippen molar-refractivity contribution in [1.29, 1.82) is 0 Å². The Kier molecular flexibility index (Phi) is 3.85. The number of fused-ring (bicyclic) bond motifs is 3. The van der Waals surface area contributed by atoms with E-state index >= 15 is 0 Å². The van der Waals surface area contributed by atoms with Gasteiger partial charge in [-0.1, -0.05) is 48.5 Å². The second kappa shape index (κ2) is 6.34. The van der Waals surface area contributed by atoms with Gasteiger partial charge in [-0.05, 0) is 0 Å². The molecule has 0 fully saturated rings. The van der Waals surface area contributed by atoms with E-state index in [1.807, 2.05) is 0 Å². The lowest BCUT2D eigenvalue weighted by atomic mass is 9.84. The Morgan fingerprint density at radius 2 is 1.26 bits per heavy atom. The number of anilines is 1. The lowest BCUT2D eigenvalue weighted by Crippen LogP contribution is -2.20. The molecule has 5 rings (SSSR count). The van der Waals surface area contributed by atoms with Gasteiger partial charge < -0.3 is 10.7 Å². The molecule has 0 bridgehead atoms. The third-order valence-electron chi connectivity index (χ3n) is 4.15. The Balaban J connectivity index is 0.000000143. The molecule has 8 heteroatoms. The van der Waals surface area contributed by atoms with Gasteiger partial charge in [-0.15, -0.1) is 0 Å². The van der Waals surface area contributed by atoms with E-state index < -0.39 is 0 Å². The van der Waals surface area contributed by atoms with Gasteiger partial charge in [0.15, 0.2) is 22.7 Å². The number of hydrogen-bond donors (Lipinski definition) is 3. The Labute approximate surface area is 152 Å². The largest absolute Gasteiger partial charge is 0.369 e. The predicted octanol–water partition coefficient (Wildman–Crippen LogP) is 1.69. The SMILES string of the molecule is Nc1nc2nc[nH]c2c(=O)[nH]1.O=C1c2ccccc2C(=O)c2ccccc21. The molecule has 0 spiro atoms. The van der Waals surface area contributed by atoms with Crippen molar-refractivity contribution in [2.75, 3.05) is 5.73 Å². The summed E-state index contributed by atoms with van der Waals surface area (Å²) in [4.78, 5) is 47.7. The Morgan fingerprint density at radius 3 is 1.74 bits per heavy atom. The van der Waals surface area contributed by atoms with Crippen molar-refractivity contribution in [1.82, 2.24) is 19.9 Å². The lowest BCUT2D eigenvalue weighted by Gasteiger charge is -2.16. The zero-order valence-corrected chi connectivity index (χ0v) is 13.9. The Morgan fingerprint density at radius 1 is 0.778 bits per heavy atom. The summed E-state index contributed by atoms with van der Waals surface area (Å²) in [5, 5.41) is 0. The first-order chi connectivity index (χ1) is 13.1. The highest BCUT2D eigenvalue weighted by Crippen LogP contribution is 2.26. The summed E-state index contributed by atoms with van der Waals surface area (Å²) >= 11 is 0. The first kappa shape index (κ1) is 16.4. The number of nitrogen functional groups attached to an aromatic ring is 1. The number of carbonyl (C=O) groups excluding carboxylic acids is 2. The van der Waals surface area contributed by atoms with Crippen LogP contribution in [0.1, 0.15) is 31.8 Å². The van der Waals surface area contributed by atoms with Gasteiger partial charge in [0.2, 0.25) is 5.95 Å². The van der Waals surface area contributed by atoms with Crippen molar-refractivity contribution in [2.45, 2.75) is 0 Å². The maximum absolute atomic E-state index is 12.1. The second-order valence-electron chi connectivity index (χ2n) is 5.80. The highest BCUT2D eigenvalue weighted by molar-refractivity contribution is 6.28. The average Bonchev–Trinajstić information content (AvgIpc) is 3.15. The summed E-state index contributed by atoms with van der Waals surface area (Å²) in [6.45, 7) is 0. The van der Waals surface area contributed by atoms with Gasteiger partial charge in [0.05, 0.1) is 6.33 Å². The van der Waals surface area contributed by atoms with E-state index in [1.165, 1.54) is 6.33 Å². The maximum Gasteiger partial charge on any atom is 0.278 e. The molecule has 0 radical (unpaired) electrons. The van der Waals surface area contributed by atoms with Crippen molar-refractivity contribution in [3.63, 3.8) is 0 Å². The smallest absolute Gasteiger partial charge is 0.278 e. The van der Waals surface area contributed by atoms with Gasteiger partial charge >= 0.3 is 0 Å². The van der Waals surface area contributed by atoms with E-state index in [1.54, 1.807) is 48.5 Å². The number of nitrogens with two attached hydrogens (primary N) is 1. The third-order valence-corrected chi connectivity index (χ3v) is 4.15. The van der Waals surface area contributed by atoms with E-state index in [9.17, 15) is 14.4 Å². The number of nitrogens with zero attached hydrogens (tertiary/aromatic N) is 2. The number of aromatic amines is 2. The van der Waals surface area contributed by atoms with Gasteiger partial charge in [0, 0.05) is 22.3 Å². The van der Waals surface area contributed by atoms with E-state index in [-0.39, 0.29) is 23.1 Å². The van der Waals surface area contributed by atoms with Crippen molar-refractivity contribution < 1.29 is 9.59 Å². The molecule has 0 atom stereocenters. The minimum atomic E-state index is -0.301.